The number of pyridine rings is 1. The van der Waals surface area contributed by atoms with Gasteiger partial charge in [0.25, 0.3) is 0 Å². The molecule has 0 aliphatic rings. The van der Waals surface area contributed by atoms with E-state index < -0.39 is 23.6 Å². The summed E-state index contributed by atoms with van der Waals surface area (Å²) in [6, 6.07) is 18.8. The molecule has 0 fully saturated rings. The molecule has 0 aliphatic heterocycles. The van der Waals surface area contributed by atoms with E-state index in [1.807, 2.05) is 0 Å². The van der Waals surface area contributed by atoms with Gasteiger partial charge in [-0.1, -0.05) is 30.3 Å². The minimum absolute atomic E-state index is 0.00268. The molecule has 0 unspecified atom stereocenters. The Morgan fingerprint density at radius 3 is 2.42 bits per heavy atom. The van der Waals surface area contributed by atoms with Crippen molar-refractivity contribution in [2.45, 2.75) is 52.1 Å². The van der Waals surface area contributed by atoms with E-state index in [0.29, 0.717) is 33.7 Å². The number of hydrogen-bond donors (Lipinski definition) is 2. The Bertz CT molecular complexity index is 1810. The highest BCUT2D eigenvalue weighted by Gasteiger charge is 2.29. The van der Waals surface area contributed by atoms with E-state index in [-0.39, 0.29) is 42.4 Å². The van der Waals surface area contributed by atoms with Gasteiger partial charge >= 0.3 is 5.97 Å². The van der Waals surface area contributed by atoms with Crippen LogP contribution < -0.4 is 4.74 Å². The highest BCUT2D eigenvalue weighted by atomic mass is 19.1. The van der Waals surface area contributed by atoms with E-state index in [0.717, 1.165) is 5.56 Å². The number of aryl methyl sites for hydroxylation is 1. The first kappa shape index (κ1) is 29.8. The summed E-state index contributed by atoms with van der Waals surface area (Å²) in [4.78, 5) is 20.5. The molecule has 222 valence electrons. The fraction of sp³-hybridized carbons (Fsp3) is 0.242. The average Bonchev–Trinajstić information content (AvgIpc) is 3.29. The number of ether oxygens (including phenoxy) is 1. The number of aromatic carboxylic acids is 1. The van der Waals surface area contributed by atoms with Gasteiger partial charge in [-0.3, -0.25) is 0 Å². The molecule has 0 saturated carbocycles. The monoisotopic (exact) mass is 589 g/mol. The normalized spacial score (nSPS) is 12.4. The topological polar surface area (TPSA) is 97.5 Å². The first-order valence-electron chi connectivity index (χ1n) is 13.6. The molecule has 0 bridgehead atoms. The Morgan fingerprint density at radius 2 is 1.72 bits per heavy atom. The van der Waals surface area contributed by atoms with Crippen molar-refractivity contribution in [3.63, 3.8) is 0 Å². The summed E-state index contributed by atoms with van der Waals surface area (Å²) in [5, 5.41) is 19.6. The second kappa shape index (κ2) is 11.9. The third-order valence-corrected chi connectivity index (χ3v) is 7.19. The number of aliphatic hydroxyl groups is 1. The van der Waals surface area contributed by atoms with Crippen molar-refractivity contribution < 1.29 is 32.9 Å². The first-order chi connectivity index (χ1) is 20.4. The Balaban J connectivity index is 1.40. The van der Waals surface area contributed by atoms with Crippen LogP contribution in [0.25, 0.3) is 22.3 Å². The number of carbonyl (C=O) groups is 1. The van der Waals surface area contributed by atoms with Crippen LogP contribution in [0.4, 0.5) is 13.2 Å². The number of alkyl halides is 1. The first-order valence-corrected chi connectivity index (χ1v) is 13.6. The van der Waals surface area contributed by atoms with Crippen molar-refractivity contribution >= 4 is 17.0 Å². The maximum absolute atomic E-state index is 15.4. The minimum atomic E-state index is -1.70. The molecular formula is C33H30F3N3O4. The summed E-state index contributed by atoms with van der Waals surface area (Å²) in [6.07, 6.45) is -1.71. The van der Waals surface area contributed by atoms with Crippen molar-refractivity contribution in [3.8, 4) is 17.1 Å². The zero-order valence-electron chi connectivity index (χ0n) is 23.8. The molecule has 0 amide bonds. The second-order valence-electron chi connectivity index (χ2n) is 11.0. The SMILES string of the molecule is Cc1ccc(COc2cccc(-c3ccc(Cc4nc5ccc(C(=O)O)cc5n4C[C@@H](F)C(C)(C)O)c(F)c3)n2)c(F)c1. The van der Waals surface area contributed by atoms with Crippen molar-refractivity contribution in [1.29, 1.82) is 0 Å². The minimum Gasteiger partial charge on any atom is -0.478 e. The summed E-state index contributed by atoms with van der Waals surface area (Å²) >= 11 is 0. The lowest BCUT2D eigenvalue weighted by Gasteiger charge is -2.23. The number of carboxylic acids is 1. The molecule has 5 rings (SSSR count). The van der Waals surface area contributed by atoms with Crippen molar-refractivity contribution in [2.24, 2.45) is 0 Å². The Labute approximate surface area is 246 Å². The molecule has 1 atom stereocenters. The van der Waals surface area contributed by atoms with Gasteiger partial charge in [-0.15, -0.1) is 0 Å². The number of rotatable bonds is 10. The van der Waals surface area contributed by atoms with Crippen LogP contribution in [0.15, 0.2) is 72.8 Å². The van der Waals surface area contributed by atoms with E-state index in [1.54, 1.807) is 49.4 Å². The lowest BCUT2D eigenvalue weighted by molar-refractivity contribution is -0.0102. The van der Waals surface area contributed by atoms with Crippen LogP contribution in [0.1, 0.15) is 46.7 Å². The number of benzene rings is 3. The largest absolute Gasteiger partial charge is 0.478 e. The number of halogens is 3. The van der Waals surface area contributed by atoms with Crippen LogP contribution in [-0.4, -0.2) is 42.5 Å². The van der Waals surface area contributed by atoms with E-state index >= 15 is 4.39 Å². The van der Waals surface area contributed by atoms with Crippen molar-refractivity contribution in [1.82, 2.24) is 14.5 Å². The number of fused-ring (bicyclic) bond motifs is 1. The van der Waals surface area contributed by atoms with Crippen LogP contribution in [0, 0.1) is 18.6 Å². The zero-order chi connectivity index (χ0) is 30.9. The predicted octanol–water partition coefficient (Wildman–Crippen LogP) is 6.66. The summed E-state index contributed by atoms with van der Waals surface area (Å²) in [5.41, 5.74) is 1.53. The van der Waals surface area contributed by atoms with Gasteiger partial charge in [0.2, 0.25) is 5.88 Å². The van der Waals surface area contributed by atoms with Crippen molar-refractivity contribution in [2.75, 3.05) is 0 Å². The molecule has 2 aromatic heterocycles. The van der Waals surface area contributed by atoms with Crippen LogP contribution in [-0.2, 0) is 19.6 Å². The van der Waals surface area contributed by atoms with Crippen LogP contribution >= 0.6 is 0 Å². The fourth-order valence-electron chi connectivity index (χ4n) is 4.63. The summed E-state index contributed by atoms with van der Waals surface area (Å²) in [7, 11) is 0. The fourth-order valence-corrected chi connectivity index (χ4v) is 4.63. The second-order valence-corrected chi connectivity index (χ2v) is 11.0. The summed E-state index contributed by atoms with van der Waals surface area (Å²) in [5.74, 6) is -1.50. The molecule has 0 spiro atoms. The van der Waals surface area contributed by atoms with Gasteiger partial charge < -0.3 is 19.5 Å². The smallest absolute Gasteiger partial charge is 0.335 e. The molecule has 3 aromatic carbocycles. The zero-order valence-corrected chi connectivity index (χ0v) is 23.8. The highest BCUT2D eigenvalue weighted by molar-refractivity contribution is 5.92. The van der Waals surface area contributed by atoms with Gasteiger partial charge in [-0.05, 0) is 68.3 Å². The summed E-state index contributed by atoms with van der Waals surface area (Å²) < 4.78 is 51.8. The van der Waals surface area contributed by atoms with Gasteiger partial charge in [-0.25, -0.2) is 27.9 Å². The lowest BCUT2D eigenvalue weighted by atomic mass is 10.0. The van der Waals surface area contributed by atoms with E-state index in [9.17, 15) is 23.8 Å². The number of aromatic nitrogens is 3. The summed E-state index contributed by atoms with van der Waals surface area (Å²) in [6.45, 7) is 4.16. The third-order valence-electron chi connectivity index (χ3n) is 7.19. The number of nitrogens with zero attached hydrogens (tertiary/aromatic N) is 3. The standard InChI is InChI=1S/C33H30F3N3O4/c1-19-7-8-23(24(34)13-19)18-43-31-6-4-5-26(38-31)21-10-9-20(25(35)14-21)16-30-37-27-12-11-22(32(40)41)15-28(27)39(30)17-29(36)33(2,3)42/h4-15,29,42H,16-18H2,1-3H3,(H,40,41)/t29-/m1/s1. The molecule has 5 aromatic rings. The van der Waals surface area contributed by atoms with E-state index in [4.69, 9.17) is 4.74 Å². The van der Waals surface area contributed by atoms with Gasteiger partial charge in [0.05, 0.1) is 34.4 Å². The average molecular weight is 590 g/mol. The number of imidazole rings is 1. The molecule has 43 heavy (non-hydrogen) atoms. The van der Waals surface area contributed by atoms with Crippen LogP contribution in [0.2, 0.25) is 0 Å². The van der Waals surface area contributed by atoms with Gasteiger partial charge in [-0.2, -0.15) is 0 Å². The Hall–Kier alpha value is -4.70. The molecule has 2 N–H and O–H groups in total. The maximum Gasteiger partial charge on any atom is 0.335 e. The molecular weight excluding hydrogens is 559 g/mol. The predicted molar refractivity (Wildman–Crippen MR) is 156 cm³/mol. The maximum atomic E-state index is 15.4. The van der Waals surface area contributed by atoms with Crippen molar-refractivity contribution in [3.05, 3.63) is 113 Å². The lowest BCUT2D eigenvalue weighted by Crippen LogP contribution is -2.36. The number of hydrogen-bond acceptors (Lipinski definition) is 5. The highest BCUT2D eigenvalue weighted by Crippen LogP contribution is 2.27. The van der Waals surface area contributed by atoms with E-state index in [2.05, 4.69) is 9.97 Å². The number of carboxylic acid groups (broad SMARTS) is 1. The molecule has 0 saturated heterocycles. The molecule has 7 nitrogen and oxygen atoms in total. The quantitative estimate of drug-likeness (QED) is 0.189. The van der Waals surface area contributed by atoms with Crippen LogP contribution in [0.5, 0.6) is 5.88 Å². The molecule has 0 radical (unpaired) electrons. The van der Waals surface area contributed by atoms with E-state index in [1.165, 1.54) is 48.7 Å². The van der Waals surface area contributed by atoms with Gasteiger partial charge in [0.15, 0.2) is 0 Å². The molecule has 2 heterocycles. The molecule has 10 heteroatoms. The third kappa shape index (κ3) is 6.70. The Morgan fingerprint density at radius 1 is 0.977 bits per heavy atom. The Kier molecular flexibility index (Phi) is 8.23. The van der Waals surface area contributed by atoms with Gasteiger partial charge in [0.1, 0.15) is 30.2 Å². The van der Waals surface area contributed by atoms with Gasteiger partial charge in [0, 0.05) is 23.6 Å². The molecule has 0 aliphatic carbocycles. The van der Waals surface area contributed by atoms with Crippen LogP contribution in [0.3, 0.4) is 0 Å².